The van der Waals surface area contributed by atoms with Gasteiger partial charge in [0.2, 0.25) is 15.9 Å². The van der Waals surface area contributed by atoms with E-state index in [9.17, 15) is 18.0 Å². The number of carbonyl (C=O) groups excluding carboxylic acids is 1. The Morgan fingerprint density at radius 3 is 2.32 bits per heavy atom. The number of halogens is 2. The zero-order valence-electron chi connectivity index (χ0n) is 17.6. The first kappa shape index (κ1) is 25.7. The second kappa shape index (κ2) is 11.5. The molecule has 0 radical (unpaired) electrons. The smallest absolute Gasteiger partial charge is 0.307 e. The third kappa shape index (κ3) is 7.56. The van der Waals surface area contributed by atoms with Crippen molar-refractivity contribution in [2.24, 2.45) is 0 Å². The number of sulfonamides is 1. The van der Waals surface area contributed by atoms with Gasteiger partial charge in [-0.3, -0.25) is 9.59 Å². The van der Waals surface area contributed by atoms with Gasteiger partial charge in [0.25, 0.3) is 0 Å². The Balaban J connectivity index is 1.78. The van der Waals surface area contributed by atoms with E-state index in [0.717, 1.165) is 0 Å². The van der Waals surface area contributed by atoms with Gasteiger partial charge in [-0.1, -0.05) is 45.7 Å². The maximum atomic E-state index is 13.0. The molecule has 0 bridgehead atoms. The summed E-state index contributed by atoms with van der Waals surface area (Å²) in [6.07, 6.45) is -0.155. The van der Waals surface area contributed by atoms with Gasteiger partial charge in [0, 0.05) is 15.2 Å². The Labute approximate surface area is 210 Å². The highest BCUT2D eigenvalue weighted by molar-refractivity contribution is 9.10. The van der Waals surface area contributed by atoms with E-state index in [1.54, 1.807) is 48.5 Å². The highest BCUT2D eigenvalue weighted by Crippen LogP contribution is 2.19. The van der Waals surface area contributed by atoms with Crippen molar-refractivity contribution in [2.75, 3.05) is 11.9 Å². The number of anilines is 1. The zero-order chi connectivity index (χ0) is 24.7. The second-order valence-electron chi connectivity index (χ2n) is 7.15. The molecule has 0 aliphatic carbocycles. The van der Waals surface area contributed by atoms with Crippen LogP contribution in [0.2, 0.25) is 5.02 Å². The standard InChI is InChI=1S/C23H20BrClN2O6S/c24-16-6-10-20(11-7-16)34(31,32)27-21(14-33-19-3-1-2-17(25)13-19)23(30)26-18-8-4-15(5-9-18)12-22(28)29/h1-11,13,21,27H,12,14H2,(H,26,30)(H,28,29). The Bertz CT molecular complexity index is 1270. The summed E-state index contributed by atoms with van der Waals surface area (Å²) in [4.78, 5) is 23.8. The van der Waals surface area contributed by atoms with Gasteiger partial charge in [0.1, 0.15) is 18.4 Å². The van der Waals surface area contributed by atoms with Crippen molar-refractivity contribution in [3.63, 3.8) is 0 Å². The molecular weight excluding hydrogens is 548 g/mol. The fourth-order valence-electron chi connectivity index (χ4n) is 2.88. The minimum absolute atomic E-state index is 0.0192. The van der Waals surface area contributed by atoms with Gasteiger partial charge in [-0.05, 0) is 60.2 Å². The number of carboxylic acid groups (broad SMARTS) is 1. The predicted molar refractivity (Wildman–Crippen MR) is 132 cm³/mol. The summed E-state index contributed by atoms with van der Waals surface area (Å²) in [6.45, 7) is -0.307. The number of hydrogen-bond donors (Lipinski definition) is 3. The summed E-state index contributed by atoms with van der Waals surface area (Å²) in [5.41, 5.74) is 0.928. The number of hydrogen-bond acceptors (Lipinski definition) is 5. The van der Waals surface area contributed by atoms with Crippen molar-refractivity contribution in [1.29, 1.82) is 0 Å². The molecule has 3 N–H and O–H groups in total. The number of aliphatic carboxylic acids is 1. The number of carboxylic acids is 1. The quantitative estimate of drug-likeness (QED) is 0.339. The molecule has 0 saturated carbocycles. The van der Waals surface area contributed by atoms with Crippen LogP contribution >= 0.6 is 27.5 Å². The zero-order valence-corrected chi connectivity index (χ0v) is 20.7. The number of amides is 1. The average molecular weight is 568 g/mol. The van der Waals surface area contributed by atoms with Crippen LogP contribution in [0.1, 0.15) is 5.56 Å². The summed E-state index contributed by atoms with van der Waals surface area (Å²) < 4.78 is 34.5. The minimum atomic E-state index is -4.05. The van der Waals surface area contributed by atoms with Crippen LogP contribution in [0, 0.1) is 0 Å². The molecule has 0 aliphatic heterocycles. The monoisotopic (exact) mass is 566 g/mol. The molecular formula is C23H20BrClN2O6S. The third-order valence-corrected chi connectivity index (χ3v) is 6.78. The lowest BCUT2D eigenvalue weighted by molar-refractivity contribution is -0.136. The van der Waals surface area contributed by atoms with Crippen molar-refractivity contribution < 1.29 is 27.9 Å². The van der Waals surface area contributed by atoms with Gasteiger partial charge >= 0.3 is 5.97 Å². The van der Waals surface area contributed by atoms with Crippen LogP contribution in [-0.4, -0.2) is 38.0 Å². The first-order chi connectivity index (χ1) is 16.1. The van der Waals surface area contributed by atoms with Crippen LogP contribution in [-0.2, 0) is 26.0 Å². The van der Waals surface area contributed by atoms with Gasteiger partial charge < -0.3 is 15.2 Å². The SMILES string of the molecule is O=C(O)Cc1ccc(NC(=O)C(COc2cccc(Cl)c2)NS(=O)(=O)c2ccc(Br)cc2)cc1. The Hall–Kier alpha value is -2.92. The molecule has 1 atom stereocenters. The fraction of sp³-hybridized carbons (Fsp3) is 0.130. The van der Waals surface area contributed by atoms with Crippen LogP contribution in [0.5, 0.6) is 5.75 Å². The molecule has 3 aromatic carbocycles. The molecule has 3 aromatic rings. The summed E-state index contributed by atoms with van der Waals surface area (Å²) in [6, 6.07) is 17.4. The number of carbonyl (C=O) groups is 2. The van der Waals surface area contributed by atoms with E-state index in [1.807, 2.05) is 0 Å². The number of benzene rings is 3. The van der Waals surface area contributed by atoms with Crippen LogP contribution in [0.25, 0.3) is 0 Å². The maximum absolute atomic E-state index is 13.0. The predicted octanol–water partition coefficient (Wildman–Crippen LogP) is 4.09. The topological polar surface area (TPSA) is 122 Å². The van der Waals surface area contributed by atoms with E-state index in [2.05, 4.69) is 26.0 Å². The molecule has 11 heteroatoms. The van der Waals surface area contributed by atoms with Crippen LogP contribution < -0.4 is 14.8 Å². The van der Waals surface area contributed by atoms with E-state index in [-0.39, 0.29) is 17.9 Å². The van der Waals surface area contributed by atoms with Gasteiger partial charge in [-0.25, -0.2) is 8.42 Å². The Morgan fingerprint density at radius 1 is 1.03 bits per heavy atom. The van der Waals surface area contributed by atoms with E-state index < -0.39 is 27.9 Å². The van der Waals surface area contributed by atoms with E-state index >= 15 is 0 Å². The highest BCUT2D eigenvalue weighted by atomic mass is 79.9. The molecule has 34 heavy (non-hydrogen) atoms. The summed E-state index contributed by atoms with van der Waals surface area (Å²) in [5.74, 6) is -1.27. The first-order valence-electron chi connectivity index (χ1n) is 9.90. The largest absolute Gasteiger partial charge is 0.491 e. The molecule has 0 heterocycles. The number of rotatable bonds is 10. The van der Waals surface area contributed by atoms with Crippen molar-refractivity contribution >= 4 is 55.1 Å². The fourth-order valence-corrected chi connectivity index (χ4v) is 4.50. The van der Waals surface area contributed by atoms with Crippen LogP contribution in [0.3, 0.4) is 0 Å². The molecule has 3 rings (SSSR count). The van der Waals surface area contributed by atoms with Gasteiger partial charge in [-0.15, -0.1) is 0 Å². The molecule has 178 valence electrons. The molecule has 1 unspecified atom stereocenters. The van der Waals surface area contributed by atoms with Crippen molar-refractivity contribution in [3.05, 3.63) is 87.9 Å². The van der Waals surface area contributed by atoms with Crippen LogP contribution in [0.4, 0.5) is 5.69 Å². The summed E-state index contributed by atoms with van der Waals surface area (Å²) in [5, 5.41) is 11.9. The van der Waals surface area contributed by atoms with Crippen molar-refractivity contribution in [2.45, 2.75) is 17.4 Å². The van der Waals surface area contributed by atoms with Crippen molar-refractivity contribution in [3.8, 4) is 5.75 Å². The lowest BCUT2D eigenvalue weighted by Crippen LogP contribution is -2.47. The van der Waals surface area contributed by atoms with E-state index in [1.165, 1.54) is 24.3 Å². The second-order valence-corrected chi connectivity index (χ2v) is 10.2. The minimum Gasteiger partial charge on any atom is -0.491 e. The van der Waals surface area contributed by atoms with Gasteiger partial charge in [-0.2, -0.15) is 4.72 Å². The van der Waals surface area contributed by atoms with Crippen molar-refractivity contribution in [1.82, 2.24) is 4.72 Å². The third-order valence-electron chi connectivity index (χ3n) is 4.53. The highest BCUT2D eigenvalue weighted by Gasteiger charge is 2.27. The Kier molecular flexibility index (Phi) is 8.67. The lowest BCUT2D eigenvalue weighted by atomic mass is 10.1. The number of nitrogens with one attached hydrogen (secondary N) is 2. The summed E-state index contributed by atoms with van der Waals surface area (Å²) >= 11 is 9.22. The average Bonchev–Trinajstić information content (AvgIpc) is 2.78. The maximum Gasteiger partial charge on any atom is 0.307 e. The van der Waals surface area contributed by atoms with E-state index in [4.69, 9.17) is 21.4 Å². The van der Waals surface area contributed by atoms with Gasteiger partial charge in [0.15, 0.2) is 0 Å². The first-order valence-corrected chi connectivity index (χ1v) is 12.6. The number of ether oxygens (including phenoxy) is 1. The normalized spacial score (nSPS) is 12.1. The molecule has 0 spiro atoms. The molecule has 0 aliphatic rings. The van der Waals surface area contributed by atoms with Gasteiger partial charge in [0.05, 0.1) is 11.3 Å². The molecule has 8 nitrogen and oxygen atoms in total. The lowest BCUT2D eigenvalue weighted by Gasteiger charge is -2.19. The summed E-state index contributed by atoms with van der Waals surface area (Å²) in [7, 11) is -4.05. The van der Waals surface area contributed by atoms with Crippen LogP contribution in [0.15, 0.2) is 82.2 Å². The van der Waals surface area contributed by atoms with E-state index in [0.29, 0.717) is 26.5 Å². The molecule has 1 amide bonds. The Morgan fingerprint density at radius 2 is 1.71 bits per heavy atom. The molecule has 0 saturated heterocycles. The molecule has 0 fully saturated rings. The molecule has 0 aromatic heterocycles.